The second-order valence-corrected chi connectivity index (χ2v) is 9.87. The number of hydrogen-bond donors (Lipinski definition) is 1. The van der Waals surface area contributed by atoms with E-state index in [0.717, 1.165) is 22.4 Å². The number of carbonyl (C=O) groups excluding carboxylic acids is 2. The zero-order valence-corrected chi connectivity index (χ0v) is 21.6. The van der Waals surface area contributed by atoms with Crippen LogP contribution in [-0.2, 0) is 28.3 Å². The third kappa shape index (κ3) is 7.52. The summed E-state index contributed by atoms with van der Waals surface area (Å²) >= 11 is 13.8. The number of rotatable bonds is 10. The summed E-state index contributed by atoms with van der Waals surface area (Å²) in [7, 11) is 1.59. The Morgan fingerprint density at radius 2 is 1.59 bits per heavy atom. The molecule has 0 spiro atoms. The summed E-state index contributed by atoms with van der Waals surface area (Å²) in [4.78, 5) is 28.0. The molecule has 0 aromatic heterocycles. The van der Waals surface area contributed by atoms with E-state index >= 15 is 0 Å². The predicted molar refractivity (Wildman–Crippen MR) is 142 cm³/mol. The third-order valence-electron chi connectivity index (χ3n) is 5.47. The Labute approximate surface area is 215 Å². The number of thioether (sulfide) groups is 1. The number of carbonyl (C=O) groups is 2. The number of amides is 2. The lowest BCUT2D eigenvalue weighted by atomic mass is 10.0. The van der Waals surface area contributed by atoms with Gasteiger partial charge in [0.2, 0.25) is 11.8 Å². The lowest BCUT2D eigenvalue weighted by Gasteiger charge is -2.31. The smallest absolute Gasteiger partial charge is 0.242 e. The van der Waals surface area contributed by atoms with E-state index in [1.54, 1.807) is 24.1 Å². The van der Waals surface area contributed by atoms with Gasteiger partial charge >= 0.3 is 0 Å². The second kappa shape index (κ2) is 12.8. The van der Waals surface area contributed by atoms with Crippen LogP contribution in [0.2, 0.25) is 10.0 Å². The molecule has 1 atom stereocenters. The molecule has 0 bridgehead atoms. The van der Waals surface area contributed by atoms with E-state index in [4.69, 9.17) is 23.2 Å². The molecule has 178 valence electrons. The minimum atomic E-state index is -0.658. The first kappa shape index (κ1) is 26.1. The molecule has 0 saturated carbocycles. The van der Waals surface area contributed by atoms with Crippen molar-refractivity contribution in [3.05, 3.63) is 105 Å². The fourth-order valence-corrected chi connectivity index (χ4v) is 4.77. The fraction of sp³-hybridized carbons (Fsp3) is 0.259. The maximum absolute atomic E-state index is 13.5. The first-order valence-corrected chi connectivity index (χ1v) is 12.9. The van der Waals surface area contributed by atoms with Crippen molar-refractivity contribution in [3.8, 4) is 0 Å². The average molecular weight is 516 g/mol. The molecule has 2 amide bonds. The highest BCUT2D eigenvalue weighted by Crippen LogP contribution is 2.25. The Balaban J connectivity index is 1.82. The van der Waals surface area contributed by atoms with Crippen LogP contribution < -0.4 is 5.32 Å². The number of nitrogens with one attached hydrogen (secondary N) is 1. The molecule has 3 rings (SSSR count). The monoisotopic (exact) mass is 514 g/mol. The van der Waals surface area contributed by atoms with Crippen molar-refractivity contribution >= 4 is 46.8 Å². The van der Waals surface area contributed by atoms with Gasteiger partial charge in [0.1, 0.15) is 6.04 Å². The van der Waals surface area contributed by atoms with Crippen LogP contribution in [0, 0.1) is 6.92 Å². The summed E-state index contributed by atoms with van der Waals surface area (Å²) in [5.74, 6) is 0.668. The van der Waals surface area contributed by atoms with E-state index in [1.165, 1.54) is 17.3 Å². The first-order valence-electron chi connectivity index (χ1n) is 11.0. The zero-order valence-electron chi connectivity index (χ0n) is 19.3. The molecular formula is C27H28Cl2N2O2S. The van der Waals surface area contributed by atoms with Crippen molar-refractivity contribution < 1.29 is 9.59 Å². The first-order chi connectivity index (χ1) is 16.4. The number of hydrogen-bond acceptors (Lipinski definition) is 3. The van der Waals surface area contributed by atoms with E-state index in [2.05, 4.69) is 29.6 Å². The van der Waals surface area contributed by atoms with Crippen LogP contribution >= 0.6 is 35.0 Å². The van der Waals surface area contributed by atoms with Gasteiger partial charge in [0, 0.05) is 25.8 Å². The predicted octanol–water partition coefficient (Wildman–Crippen LogP) is 5.92. The molecule has 7 heteroatoms. The molecule has 4 nitrogen and oxygen atoms in total. The Kier molecular flexibility index (Phi) is 9.87. The molecule has 0 fully saturated rings. The largest absolute Gasteiger partial charge is 0.357 e. The normalized spacial score (nSPS) is 11.6. The minimum Gasteiger partial charge on any atom is -0.357 e. The van der Waals surface area contributed by atoms with Gasteiger partial charge in [-0.1, -0.05) is 89.4 Å². The van der Waals surface area contributed by atoms with E-state index in [1.807, 2.05) is 43.3 Å². The summed E-state index contributed by atoms with van der Waals surface area (Å²) in [6.07, 6.45) is 0.413. The maximum atomic E-state index is 13.5. The highest BCUT2D eigenvalue weighted by Gasteiger charge is 2.29. The Morgan fingerprint density at radius 3 is 2.24 bits per heavy atom. The van der Waals surface area contributed by atoms with Gasteiger partial charge in [-0.25, -0.2) is 0 Å². The van der Waals surface area contributed by atoms with Crippen LogP contribution in [0.15, 0.2) is 72.8 Å². The van der Waals surface area contributed by atoms with E-state index < -0.39 is 6.04 Å². The van der Waals surface area contributed by atoms with E-state index in [9.17, 15) is 9.59 Å². The van der Waals surface area contributed by atoms with Crippen LogP contribution in [0.25, 0.3) is 0 Å². The molecule has 3 aromatic rings. The highest BCUT2D eigenvalue weighted by molar-refractivity contribution is 7.99. The van der Waals surface area contributed by atoms with Crippen LogP contribution in [0.4, 0.5) is 0 Å². The van der Waals surface area contributed by atoms with Crippen molar-refractivity contribution in [2.75, 3.05) is 12.8 Å². The molecule has 1 N–H and O–H groups in total. The SMILES string of the molecule is CNC(=O)[C@H](Cc1ccccc1)N(Cc1ccc(Cl)c(Cl)c1)C(=O)CSCc1ccc(C)cc1. The van der Waals surface area contributed by atoms with Crippen molar-refractivity contribution in [3.63, 3.8) is 0 Å². The van der Waals surface area contributed by atoms with Gasteiger partial charge in [-0.15, -0.1) is 11.8 Å². The lowest BCUT2D eigenvalue weighted by Crippen LogP contribution is -2.50. The third-order valence-corrected chi connectivity index (χ3v) is 7.20. The van der Waals surface area contributed by atoms with Crippen LogP contribution in [0.3, 0.4) is 0 Å². The van der Waals surface area contributed by atoms with Crippen molar-refractivity contribution in [2.24, 2.45) is 0 Å². The average Bonchev–Trinajstić information content (AvgIpc) is 2.84. The van der Waals surface area contributed by atoms with Gasteiger partial charge in [0.15, 0.2) is 0 Å². The fourth-order valence-electron chi connectivity index (χ4n) is 3.58. The molecule has 0 heterocycles. The van der Waals surface area contributed by atoms with Gasteiger partial charge in [0.25, 0.3) is 0 Å². The molecule has 0 aliphatic rings. The Bertz CT molecular complexity index is 1110. The van der Waals surface area contributed by atoms with E-state index in [-0.39, 0.29) is 24.1 Å². The number of benzene rings is 3. The summed E-state index contributed by atoms with van der Waals surface area (Å²) in [6, 6.07) is 22.6. The topological polar surface area (TPSA) is 49.4 Å². The standard InChI is InChI=1S/C27H28Cl2N2O2S/c1-19-8-10-21(11-9-19)17-34-18-26(32)31(16-22-12-13-23(28)24(29)14-22)25(27(33)30-2)15-20-6-4-3-5-7-20/h3-14,25H,15-18H2,1-2H3,(H,30,33)/t25-/m0/s1. The van der Waals surface area contributed by atoms with Crippen LogP contribution in [0.5, 0.6) is 0 Å². The molecular weight excluding hydrogens is 487 g/mol. The Morgan fingerprint density at radius 1 is 0.912 bits per heavy atom. The molecule has 0 unspecified atom stereocenters. The Hall–Kier alpha value is -2.47. The molecule has 3 aromatic carbocycles. The summed E-state index contributed by atoms with van der Waals surface area (Å²) in [6.45, 7) is 2.30. The van der Waals surface area contributed by atoms with Gasteiger partial charge in [-0.2, -0.15) is 0 Å². The molecule has 0 aliphatic carbocycles. The number of aryl methyl sites for hydroxylation is 1. The van der Waals surface area contributed by atoms with Gasteiger partial charge < -0.3 is 10.2 Å². The summed E-state index contributed by atoms with van der Waals surface area (Å²) < 4.78 is 0. The van der Waals surface area contributed by atoms with Crippen molar-refractivity contribution in [1.29, 1.82) is 0 Å². The van der Waals surface area contributed by atoms with Crippen molar-refractivity contribution in [1.82, 2.24) is 10.2 Å². The maximum Gasteiger partial charge on any atom is 0.242 e. The molecule has 0 aliphatic heterocycles. The van der Waals surface area contributed by atoms with E-state index in [0.29, 0.717) is 16.5 Å². The van der Waals surface area contributed by atoms with Crippen LogP contribution in [-0.4, -0.2) is 35.6 Å². The quantitative estimate of drug-likeness (QED) is 0.365. The number of halogens is 2. The van der Waals surface area contributed by atoms with Gasteiger partial charge in [-0.3, -0.25) is 9.59 Å². The summed E-state index contributed by atoms with van der Waals surface area (Å²) in [5.41, 5.74) is 4.15. The lowest BCUT2D eigenvalue weighted by molar-refractivity contribution is -0.139. The molecule has 0 saturated heterocycles. The number of nitrogens with zero attached hydrogens (tertiary/aromatic N) is 1. The molecule has 0 radical (unpaired) electrons. The molecule has 34 heavy (non-hydrogen) atoms. The highest BCUT2D eigenvalue weighted by atomic mass is 35.5. The zero-order chi connectivity index (χ0) is 24.5. The van der Waals surface area contributed by atoms with Gasteiger partial charge in [0.05, 0.1) is 15.8 Å². The summed E-state index contributed by atoms with van der Waals surface area (Å²) in [5, 5.41) is 3.59. The number of likely N-dealkylation sites (N-methyl/N-ethyl adjacent to an activating group) is 1. The van der Waals surface area contributed by atoms with Crippen molar-refractivity contribution in [2.45, 2.75) is 31.7 Å². The second-order valence-electron chi connectivity index (χ2n) is 8.07. The van der Waals surface area contributed by atoms with Crippen LogP contribution in [0.1, 0.15) is 22.3 Å². The minimum absolute atomic E-state index is 0.104. The van der Waals surface area contributed by atoms with Gasteiger partial charge in [-0.05, 0) is 35.7 Å².